The fourth-order valence-corrected chi connectivity index (χ4v) is 2.09. The molecule has 1 N–H and O–H groups in total. The van der Waals surface area contributed by atoms with Gasteiger partial charge in [-0.2, -0.15) is 0 Å². The van der Waals surface area contributed by atoms with Crippen LogP contribution in [0.1, 0.15) is 44.1 Å². The topological polar surface area (TPSA) is 20.2 Å². The highest BCUT2D eigenvalue weighted by Crippen LogP contribution is 2.24. The summed E-state index contributed by atoms with van der Waals surface area (Å²) >= 11 is 1.64. The molecule has 1 unspecified atom stereocenters. The van der Waals surface area contributed by atoms with Gasteiger partial charge in [0.15, 0.2) is 0 Å². The minimum absolute atomic E-state index is 0.237. The highest BCUT2D eigenvalue weighted by Gasteiger charge is 2.07. The van der Waals surface area contributed by atoms with Crippen molar-refractivity contribution < 1.29 is 5.11 Å². The van der Waals surface area contributed by atoms with Gasteiger partial charge in [-0.05, 0) is 23.8 Å². The third-order valence-corrected chi connectivity index (χ3v) is 3.10. The smallest absolute Gasteiger partial charge is 0.0882 e. The van der Waals surface area contributed by atoms with E-state index >= 15 is 0 Å². The lowest BCUT2D eigenvalue weighted by molar-refractivity contribution is 0.165. The van der Waals surface area contributed by atoms with E-state index < -0.39 is 0 Å². The first-order valence-electron chi connectivity index (χ1n) is 4.91. The molecule has 0 amide bonds. The van der Waals surface area contributed by atoms with Crippen molar-refractivity contribution in [3.63, 3.8) is 0 Å². The van der Waals surface area contributed by atoms with Crippen molar-refractivity contribution in [3.05, 3.63) is 22.4 Å². The summed E-state index contributed by atoms with van der Waals surface area (Å²) in [7, 11) is 0. The number of rotatable bonds is 5. The van der Waals surface area contributed by atoms with Crippen LogP contribution in [0, 0.1) is 5.92 Å². The standard InChI is InChI=1S/C11H18OS/c1-9(2)5-3-6-10(12)11-7-4-8-13-11/h4,7-10,12H,3,5-6H2,1-2H3. The summed E-state index contributed by atoms with van der Waals surface area (Å²) in [4.78, 5) is 1.10. The van der Waals surface area contributed by atoms with Gasteiger partial charge in [0.2, 0.25) is 0 Å². The maximum absolute atomic E-state index is 9.73. The summed E-state index contributed by atoms with van der Waals surface area (Å²) in [5.74, 6) is 0.746. The van der Waals surface area contributed by atoms with E-state index in [0.29, 0.717) is 0 Å². The van der Waals surface area contributed by atoms with Gasteiger partial charge < -0.3 is 5.11 Å². The molecule has 0 saturated heterocycles. The predicted molar refractivity (Wildman–Crippen MR) is 58.0 cm³/mol. The van der Waals surface area contributed by atoms with Crippen molar-refractivity contribution in [1.82, 2.24) is 0 Å². The van der Waals surface area contributed by atoms with Gasteiger partial charge in [0.25, 0.3) is 0 Å². The van der Waals surface area contributed by atoms with Crippen molar-refractivity contribution in [1.29, 1.82) is 0 Å². The Morgan fingerprint density at radius 2 is 2.15 bits per heavy atom. The molecule has 2 heteroatoms. The van der Waals surface area contributed by atoms with Crippen molar-refractivity contribution in [3.8, 4) is 0 Å². The van der Waals surface area contributed by atoms with Crippen LogP contribution in [0.5, 0.6) is 0 Å². The van der Waals surface area contributed by atoms with E-state index in [1.807, 2.05) is 17.5 Å². The Balaban J connectivity index is 2.22. The number of aliphatic hydroxyl groups excluding tert-OH is 1. The summed E-state index contributed by atoms with van der Waals surface area (Å²) < 4.78 is 0. The minimum Gasteiger partial charge on any atom is -0.388 e. The van der Waals surface area contributed by atoms with E-state index in [0.717, 1.165) is 23.6 Å². The van der Waals surface area contributed by atoms with Gasteiger partial charge in [-0.25, -0.2) is 0 Å². The van der Waals surface area contributed by atoms with E-state index in [9.17, 15) is 5.11 Å². The van der Waals surface area contributed by atoms with E-state index in [2.05, 4.69) is 13.8 Å². The highest BCUT2D eigenvalue weighted by molar-refractivity contribution is 7.10. The molecule has 0 spiro atoms. The van der Waals surface area contributed by atoms with Crippen LogP contribution in [0.15, 0.2) is 17.5 Å². The van der Waals surface area contributed by atoms with E-state index in [-0.39, 0.29) is 6.10 Å². The van der Waals surface area contributed by atoms with Crippen LogP contribution in [0.25, 0.3) is 0 Å². The molecule has 0 bridgehead atoms. The molecule has 0 fully saturated rings. The molecular weight excluding hydrogens is 180 g/mol. The summed E-state index contributed by atoms with van der Waals surface area (Å²) in [5, 5.41) is 11.7. The Hall–Kier alpha value is -0.340. The highest BCUT2D eigenvalue weighted by atomic mass is 32.1. The quantitative estimate of drug-likeness (QED) is 0.766. The van der Waals surface area contributed by atoms with Crippen LogP contribution < -0.4 is 0 Å². The SMILES string of the molecule is CC(C)CCCC(O)c1cccs1. The predicted octanol–water partition coefficient (Wildman–Crippen LogP) is 3.61. The van der Waals surface area contributed by atoms with Crippen molar-refractivity contribution in [2.75, 3.05) is 0 Å². The van der Waals surface area contributed by atoms with Gasteiger partial charge in [0.05, 0.1) is 6.10 Å². The zero-order valence-corrected chi connectivity index (χ0v) is 9.18. The van der Waals surface area contributed by atoms with Crippen LogP contribution in [0.4, 0.5) is 0 Å². The summed E-state index contributed by atoms with van der Waals surface area (Å²) in [6.45, 7) is 4.44. The zero-order chi connectivity index (χ0) is 9.68. The molecule has 0 aliphatic rings. The van der Waals surface area contributed by atoms with Crippen LogP contribution >= 0.6 is 11.3 Å². The van der Waals surface area contributed by atoms with Crippen LogP contribution in [0.3, 0.4) is 0 Å². The van der Waals surface area contributed by atoms with E-state index in [1.165, 1.54) is 6.42 Å². The lowest BCUT2D eigenvalue weighted by Gasteiger charge is -2.09. The normalized spacial score (nSPS) is 13.5. The van der Waals surface area contributed by atoms with Crippen molar-refractivity contribution in [2.24, 2.45) is 5.92 Å². The Bertz CT molecular complexity index is 216. The largest absolute Gasteiger partial charge is 0.388 e. The van der Waals surface area contributed by atoms with E-state index in [1.54, 1.807) is 11.3 Å². The molecule has 0 aromatic carbocycles. The Kier molecular flexibility index (Phi) is 4.46. The van der Waals surface area contributed by atoms with Gasteiger partial charge in [0, 0.05) is 4.88 Å². The molecule has 0 aliphatic carbocycles. The average Bonchev–Trinajstić information content (AvgIpc) is 2.55. The zero-order valence-electron chi connectivity index (χ0n) is 8.36. The van der Waals surface area contributed by atoms with Gasteiger partial charge in [-0.1, -0.05) is 32.8 Å². The van der Waals surface area contributed by atoms with Gasteiger partial charge in [-0.3, -0.25) is 0 Å². The van der Waals surface area contributed by atoms with Crippen LogP contribution in [-0.4, -0.2) is 5.11 Å². The summed E-state index contributed by atoms with van der Waals surface area (Å²) in [6.07, 6.45) is 3.00. The molecule has 1 atom stereocenters. The second-order valence-electron chi connectivity index (χ2n) is 3.86. The van der Waals surface area contributed by atoms with Crippen LogP contribution in [0.2, 0.25) is 0 Å². The molecule has 1 heterocycles. The fourth-order valence-electron chi connectivity index (χ4n) is 1.34. The van der Waals surface area contributed by atoms with Crippen molar-refractivity contribution in [2.45, 2.75) is 39.2 Å². The molecule has 1 nitrogen and oxygen atoms in total. The Morgan fingerprint density at radius 1 is 1.38 bits per heavy atom. The Labute approximate surface area is 84.4 Å². The first-order chi connectivity index (χ1) is 6.20. The maximum Gasteiger partial charge on any atom is 0.0882 e. The molecule has 0 saturated carbocycles. The molecule has 1 rings (SSSR count). The molecular formula is C11H18OS. The summed E-state index contributed by atoms with van der Waals surface area (Å²) in [5.41, 5.74) is 0. The third kappa shape index (κ3) is 3.92. The molecule has 0 aliphatic heterocycles. The lowest BCUT2D eigenvalue weighted by atomic mass is 10.0. The van der Waals surface area contributed by atoms with Gasteiger partial charge >= 0.3 is 0 Å². The monoisotopic (exact) mass is 198 g/mol. The molecule has 74 valence electrons. The number of hydrogen-bond donors (Lipinski definition) is 1. The minimum atomic E-state index is -0.237. The second kappa shape index (κ2) is 5.40. The first kappa shape index (κ1) is 10.7. The molecule has 0 radical (unpaired) electrons. The molecule has 1 aromatic rings. The first-order valence-corrected chi connectivity index (χ1v) is 5.79. The van der Waals surface area contributed by atoms with Crippen molar-refractivity contribution >= 4 is 11.3 Å². The van der Waals surface area contributed by atoms with E-state index in [4.69, 9.17) is 0 Å². The third-order valence-electron chi connectivity index (χ3n) is 2.13. The van der Waals surface area contributed by atoms with Gasteiger partial charge in [-0.15, -0.1) is 11.3 Å². The fraction of sp³-hybridized carbons (Fsp3) is 0.636. The molecule has 1 aromatic heterocycles. The van der Waals surface area contributed by atoms with Gasteiger partial charge in [0.1, 0.15) is 0 Å². The Morgan fingerprint density at radius 3 is 2.69 bits per heavy atom. The number of thiophene rings is 1. The number of aliphatic hydroxyl groups is 1. The maximum atomic E-state index is 9.73. The summed E-state index contributed by atoms with van der Waals surface area (Å²) in [6, 6.07) is 4.00. The molecule has 13 heavy (non-hydrogen) atoms. The average molecular weight is 198 g/mol. The lowest BCUT2D eigenvalue weighted by Crippen LogP contribution is -1.96. The number of hydrogen-bond acceptors (Lipinski definition) is 2. The van der Waals surface area contributed by atoms with Crippen LogP contribution in [-0.2, 0) is 0 Å². The second-order valence-corrected chi connectivity index (χ2v) is 4.84.